The van der Waals surface area contributed by atoms with E-state index in [0.29, 0.717) is 0 Å². The van der Waals surface area contributed by atoms with Crippen LogP contribution in [0.15, 0.2) is 78.9 Å². The second-order valence-electron chi connectivity index (χ2n) is 7.65. The topological polar surface area (TPSA) is 26.0 Å². The van der Waals surface area contributed by atoms with Crippen LogP contribution >= 0.6 is 0 Å². The van der Waals surface area contributed by atoms with E-state index in [4.69, 9.17) is 5.73 Å². The number of benzene rings is 4. The van der Waals surface area contributed by atoms with Crippen LogP contribution in [0.25, 0.3) is 33.0 Å². The van der Waals surface area contributed by atoms with Crippen LogP contribution in [0.4, 0.5) is 5.69 Å². The lowest BCUT2D eigenvalue weighted by Crippen LogP contribution is -2.23. The van der Waals surface area contributed by atoms with Crippen molar-refractivity contribution in [3.8, 4) is 22.3 Å². The number of rotatable bonds is 1. The molecule has 0 heterocycles. The predicted octanol–water partition coefficient (Wildman–Crippen LogP) is 6.64. The van der Waals surface area contributed by atoms with E-state index in [0.717, 1.165) is 11.3 Å². The Balaban J connectivity index is 0.00000180. The second kappa shape index (κ2) is 5.22. The van der Waals surface area contributed by atoms with Gasteiger partial charge in [0.25, 0.3) is 0 Å². The van der Waals surface area contributed by atoms with E-state index >= 15 is 0 Å². The number of anilines is 1. The van der Waals surface area contributed by atoms with Crippen molar-refractivity contribution in [2.75, 3.05) is 5.73 Å². The molecular formula is C25H23N. The third kappa shape index (κ3) is 1.91. The average molecular weight is 337 g/mol. The highest BCUT2D eigenvalue weighted by Crippen LogP contribution is 2.51. The van der Waals surface area contributed by atoms with Crippen LogP contribution < -0.4 is 5.73 Å². The molecule has 1 heteroatoms. The van der Waals surface area contributed by atoms with Gasteiger partial charge in [0.2, 0.25) is 0 Å². The Morgan fingerprint density at radius 2 is 1.35 bits per heavy atom. The number of fused-ring (bicyclic) bond motifs is 2. The largest absolute Gasteiger partial charge is 0.398 e. The zero-order valence-corrected chi connectivity index (χ0v) is 15.1. The molecule has 0 amide bonds. The van der Waals surface area contributed by atoms with Crippen LogP contribution in [0, 0.1) is 0 Å². The first-order chi connectivity index (χ1) is 12.6. The first kappa shape index (κ1) is 15.2. The zero-order chi connectivity index (χ0) is 17.9. The van der Waals surface area contributed by atoms with E-state index < -0.39 is 0 Å². The number of hydrogen-bond acceptors (Lipinski definition) is 1. The van der Waals surface area contributed by atoms with Crippen LogP contribution in [-0.4, -0.2) is 0 Å². The van der Waals surface area contributed by atoms with Crippen LogP contribution in [0.1, 0.15) is 26.4 Å². The number of para-hydroxylation sites is 1. The molecule has 0 unspecified atom stereocenters. The van der Waals surface area contributed by atoms with Gasteiger partial charge in [-0.15, -0.1) is 0 Å². The molecule has 0 fully saturated rings. The van der Waals surface area contributed by atoms with E-state index in [2.05, 4.69) is 80.6 Å². The summed E-state index contributed by atoms with van der Waals surface area (Å²) in [5.41, 5.74) is 14.9. The molecule has 0 saturated carbocycles. The summed E-state index contributed by atoms with van der Waals surface area (Å²) in [6.45, 7) is 4.65. The predicted molar refractivity (Wildman–Crippen MR) is 113 cm³/mol. The van der Waals surface area contributed by atoms with Crippen molar-refractivity contribution in [3.05, 3.63) is 90.0 Å². The Morgan fingerprint density at radius 1 is 0.654 bits per heavy atom. The minimum atomic E-state index is -0.0239. The zero-order valence-electron chi connectivity index (χ0n) is 15.1. The van der Waals surface area contributed by atoms with Gasteiger partial charge >= 0.3 is 0 Å². The number of hydrogen-bond donors (Lipinski definition) is 1. The maximum atomic E-state index is 6.35. The van der Waals surface area contributed by atoms with Crippen molar-refractivity contribution in [1.29, 1.82) is 0 Å². The van der Waals surface area contributed by atoms with Crippen molar-refractivity contribution in [2.24, 2.45) is 0 Å². The molecule has 0 bridgehead atoms. The summed E-state index contributed by atoms with van der Waals surface area (Å²) in [6, 6.07) is 28.1. The summed E-state index contributed by atoms with van der Waals surface area (Å²) in [5, 5.41) is 2.65. The Bertz CT molecular complexity index is 1170. The highest BCUT2D eigenvalue weighted by atomic mass is 14.6. The molecule has 4 aromatic carbocycles. The molecule has 5 rings (SSSR count). The third-order valence-corrected chi connectivity index (χ3v) is 5.84. The van der Waals surface area contributed by atoms with Crippen LogP contribution in [0.2, 0.25) is 0 Å². The lowest BCUT2D eigenvalue weighted by Gasteiger charge is -2.36. The maximum Gasteiger partial charge on any atom is 0.0393 e. The highest BCUT2D eigenvalue weighted by molar-refractivity contribution is 6.10. The molecule has 1 nitrogen and oxygen atoms in total. The minimum absolute atomic E-state index is 0. The normalized spacial score (nSPS) is 14.2. The van der Waals surface area contributed by atoms with Gasteiger partial charge < -0.3 is 5.73 Å². The molecule has 0 radical (unpaired) electrons. The lowest BCUT2D eigenvalue weighted by molar-refractivity contribution is 0.645. The number of nitrogens with two attached hydrogens (primary N) is 1. The van der Waals surface area contributed by atoms with Gasteiger partial charge in [0.1, 0.15) is 0 Å². The molecule has 4 aromatic rings. The molecule has 0 aromatic heterocycles. The molecule has 1 aliphatic carbocycles. The Morgan fingerprint density at radius 3 is 2.15 bits per heavy atom. The van der Waals surface area contributed by atoms with Gasteiger partial charge in [-0.3, -0.25) is 0 Å². The summed E-state index contributed by atoms with van der Waals surface area (Å²) in [5.74, 6) is 0. The van der Waals surface area contributed by atoms with Gasteiger partial charge in [-0.25, -0.2) is 0 Å². The van der Waals surface area contributed by atoms with Crippen molar-refractivity contribution in [2.45, 2.75) is 19.3 Å². The van der Waals surface area contributed by atoms with E-state index in [1.165, 1.54) is 38.6 Å². The van der Waals surface area contributed by atoms with Crippen molar-refractivity contribution < 1.29 is 1.43 Å². The molecule has 0 saturated heterocycles. The molecular weight excluding hydrogens is 314 g/mol. The van der Waals surface area contributed by atoms with Crippen molar-refractivity contribution in [3.63, 3.8) is 0 Å². The SMILES string of the molecule is CC1(C)c2ccccc2-c2c(-c3ccccc3N)ccc3cccc1c23.[HH]. The molecule has 1 aliphatic rings. The van der Waals surface area contributed by atoms with Gasteiger partial charge in [0, 0.05) is 18.1 Å². The van der Waals surface area contributed by atoms with Gasteiger partial charge in [0.05, 0.1) is 0 Å². The van der Waals surface area contributed by atoms with Crippen molar-refractivity contribution >= 4 is 16.5 Å². The molecule has 26 heavy (non-hydrogen) atoms. The Labute approximate surface area is 155 Å². The first-order valence-corrected chi connectivity index (χ1v) is 9.10. The Hall–Kier alpha value is -3.06. The van der Waals surface area contributed by atoms with Gasteiger partial charge in [-0.2, -0.15) is 0 Å². The summed E-state index contributed by atoms with van der Waals surface area (Å²) < 4.78 is 0. The molecule has 0 spiro atoms. The quantitative estimate of drug-likeness (QED) is 0.387. The standard InChI is InChI=1S/C25H21N.H2/c1-25(2)20-11-5-3-10-19(20)24-18(17-9-4-6-13-22(17)26)15-14-16-8-7-12-21(25)23(16)24;/h3-15H,26H2,1-2H3;1H. The number of nitrogen functional groups attached to an aromatic ring is 1. The summed E-state index contributed by atoms with van der Waals surface area (Å²) >= 11 is 0. The Kier molecular flexibility index (Phi) is 3.05. The minimum Gasteiger partial charge on any atom is -0.398 e. The second-order valence-corrected chi connectivity index (χ2v) is 7.65. The fraction of sp³-hybridized carbons (Fsp3) is 0.120. The average Bonchev–Trinajstić information content (AvgIpc) is 2.66. The highest BCUT2D eigenvalue weighted by Gasteiger charge is 2.34. The summed E-state index contributed by atoms with van der Waals surface area (Å²) in [7, 11) is 0. The molecule has 2 N–H and O–H groups in total. The first-order valence-electron chi connectivity index (χ1n) is 9.10. The third-order valence-electron chi connectivity index (χ3n) is 5.84. The summed E-state index contributed by atoms with van der Waals surface area (Å²) in [6.07, 6.45) is 0. The van der Waals surface area contributed by atoms with Gasteiger partial charge in [-0.1, -0.05) is 86.6 Å². The summed E-state index contributed by atoms with van der Waals surface area (Å²) in [4.78, 5) is 0. The fourth-order valence-electron chi connectivity index (χ4n) is 4.54. The molecule has 128 valence electrons. The smallest absolute Gasteiger partial charge is 0.0393 e. The van der Waals surface area contributed by atoms with Crippen molar-refractivity contribution in [1.82, 2.24) is 0 Å². The lowest BCUT2D eigenvalue weighted by atomic mass is 9.67. The van der Waals surface area contributed by atoms with E-state index in [1.807, 2.05) is 12.1 Å². The van der Waals surface area contributed by atoms with E-state index in [1.54, 1.807) is 0 Å². The van der Waals surface area contributed by atoms with Gasteiger partial charge in [0.15, 0.2) is 0 Å². The van der Waals surface area contributed by atoms with Gasteiger partial charge in [-0.05, 0) is 44.7 Å². The molecule has 0 atom stereocenters. The van der Waals surface area contributed by atoms with Crippen LogP contribution in [0.5, 0.6) is 0 Å². The molecule has 0 aliphatic heterocycles. The van der Waals surface area contributed by atoms with Crippen LogP contribution in [0.3, 0.4) is 0 Å². The van der Waals surface area contributed by atoms with Crippen LogP contribution in [-0.2, 0) is 5.41 Å². The van der Waals surface area contributed by atoms with E-state index in [-0.39, 0.29) is 6.84 Å². The fourth-order valence-corrected chi connectivity index (χ4v) is 4.54. The van der Waals surface area contributed by atoms with E-state index in [9.17, 15) is 0 Å². The maximum absolute atomic E-state index is 6.35. The monoisotopic (exact) mass is 337 g/mol.